The molecule has 2 aromatic rings. The Labute approximate surface area is 190 Å². The van der Waals surface area contributed by atoms with Gasteiger partial charge in [0.05, 0.1) is 0 Å². The summed E-state index contributed by atoms with van der Waals surface area (Å²) in [4.78, 5) is 61.3. The van der Waals surface area contributed by atoms with Crippen molar-refractivity contribution in [1.82, 2.24) is 15.5 Å². The number of carbonyl (C=O) groups is 5. The van der Waals surface area contributed by atoms with E-state index >= 15 is 0 Å². The van der Waals surface area contributed by atoms with E-state index in [9.17, 15) is 24.0 Å². The zero-order chi connectivity index (χ0) is 23.5. The number of imide groups is 1. The number of hydrogen-bond donors (Lipinski definition) is 2. The van der Waals surface area contributed by atoms with Crippen molar-refractivity contribution < 1.29 is 24.0 Å². The Morgan fingerprint density at radius 3 is 2.73 bits per heavy atom. The molecular formula is C25H21N3O5. The third-order valence-electron chi connectivity index (χ3n) is 5.63. The normalized spacial score (nSPS) is 17.1. The van der Waals surface area contributed by atoms with E-state index in [2.05, 4.69) is 22.5 Å². The molecule has 2 aromatic carbocycles. The van der Waals surface area contributed by atoms with Gasteiger partial charge >= 0.3 is 0 Å². The molecule has 2 aliphatic heterocycles. The van der Waals surface area contributed by atoms with E-state index in [1.807, 2.05) is 6.07 Å². The minimum atomic E-state index is -0.664. The monoisotopic (exact) mass is 443 g/mol. The summed E-state index contributed by atoms with van der Waals surface area (Å²) in [7, 11) is 0. The van der Waals surface area contributed by atoms with E-state index in [1.165, 1.54) is 11.8 Å². The molecule has 4 amide bonds. The predicted octanol–water partition coefficient (Wildman–Crippen LogP) is 1.32. The van der Waals surface area contributed by atoms with E-state index in [1.54, 1.807) is 36.4 Å². The van der Waals surface area contributed by atoms with Gasteiger partial charge in [-0.05, 0) is 42.7 Å². The van der Waals surface area contributed by atoms with Crippen molar-refractivity contribution in [3.8, 4) is 11.8 Å². The van der Waals surface area contributed by atoms with Crippen molar-refractivity contribution in [2.45, 2.75) is 38.9 Å². The van der Waals surface area contributed by atoms with Crippen LogP contribution in [0.1, 0.15) is 57.2 Å². The van der Waals surface area contributed by atoms with Gasteiger partial charge in [-0.1, -0.05) is 30.2 Å². The number of hydrogen-bond acceptors (Lipinski definition) is 5. The molecular weight excluding hydrogens is 422 g/mol. The van der Waals surface area contributed by atoms with Crippen LogP contribution < -0.4 is 10.6 Å². The van der Waals surface area contributed by atoms with Crippen LogP contribution in [0.15, 0.2) is 42.5 Å². The number of benzene rings is 2. The summed E-state index contributed by atoms with van der Waals surface area (Å²) in [5.41, 5.74) is 3.17. The van der Waals surface area contributed by atoms with Crippen molar-refractivity contribution in [3.63, 3.8) is 0 Å². The molecule has 166 valence electrons. The number of Topliss-reactive ketones (excluding diaryl/α,β-unsaturated/α-hetero) is 1. The Morgan fingerprint density at radius 2 is 1.97 bits per heavy atom. The average molecular weight is 443 g/mol. The SMILES string of the molecule is CC(=O)c1cccc(C#CC(=O)NCc2ccc3c(c2)CN(C2CCC(=O)NC2=O)C3=O)c1. The van der Waals surface area contributed by atoms with Gasteiger partial charge in [0, 0.05) is 42.1 Å². The molecule has 0 spiro atoms. The zero-order valence-electron chi connectivity index (χ0n) is 17.9. The van der Waals surface area contributed by atoms with Gasteiger partial charge in [-0.25, -0.2) is 0 Å². The average Bonchev–Trinajstić information content (AvgIpc) is 3.12. The Bertz CT molecular complexity index is 1250. The predicted molar refractivity (Wildman–Crippen MR) is 118 cm³/mol. The van der Waals surface area contributed by atoms with Crippen LogP contribution in [0, 0.1) is 11.8 Å². The lowest BCUT2D eigenvalue weighted by atomic mass is 10.0. The van der Waals surface area contributed by atoms with Crippen molar-refractivity contribution >= 4 is 29.4 Å². The van der Waals surface area contributed by atoms with Gasteiger partial charge < -0.3 is 10.2 Å². The van der Waals surface area contributed by atoms with E-state index < -0.39 is 17.9 Å². The molecule has 8 heteroatoms. The molecule has 2 aliphatic rings. The summed E-state index contributed by atoms with van der Waals surface area (Å²) in [5.74, 6) is 3.69. The molecule has 0 bridgehead atoms. The summed E-state index contributed by atoms with van der Waals surface area (Å²) in [6, 6.07) is 11.3. The van der Waals surface area contributed by atoms with Crippen LogP contribution in [0.3, 0.4) is 0 Å². The second-order valence-corrected chi connectivity index (χ2v) is 7.96. The van der Waals surface area contributed by atoms with Crippen molar-refractivity contribution in [2.75, 3.05) is 0 Å². The highest BCUT2D eigenvalue weighted by Crippen LogP contribution is 2.28. The summed E-state index contributed by atoms with van der Waals surface area (Å²) in [6.45, 7) is 1.96. The van der Waals surface area contributed by atoms with Gasteiger partial charge in [-0.3, -0.25) is 29.3 Å². The van der Waals surface area contributed by atoms with Gasteiger partial charge in [-0.15, -0.1) is 0 Å². The maximum absolute atomic E-state index is 12.7. The van der Waals surface area contributed by atoms with Gasteiger partial charge in [0.2, 0.25) is 11.8 Å². The van der Waals surface area contributed by atoms with Crippen LogP contribution in [0.5, 0.6) is 0 Å². The molecule has 1 atom stereocenters. The van der Waals surface area contributed by atoms with Crippen molar-refractivity contribution in [3.05, 3.63) is 70.3 Å². The lowest BCUT2D eigenvalue weighted by Gasteiger charge is -2.29. The highest BCUT2D eigenvalue weighted by atomic mass is 16.2. The van der Waals surface area contributed by atoms with Gasteiger partial charge in [0.1, 0.15) is 6.04 Å². The zero-order valence-corrected chi connectivity index (χ0v) is 17.9. The molecule has 1 fully saturated rings. The molecule has 8 nitrogen and oxygen atoms in total. The van der Waals surface area contributed by atoms with E-state index in [0.717, 1.165) is 11.1 Å². The van der Waals surface area contributed by atoms with Gasteiger partial charge in [0.25, 0.3) is 11.8 Å². The molecule has 2 heterocycles. The molecule has 0 aliphatic carbocycles. The smallest absolute Gasteiger partial charge is 0.296 e. The van der Waals surface area contributed by atoms with E-state index in [-0.39, 0.29) is 37.1 Å². The highest BCUT2D eigenvalue weighted by molar-refractivity contribution is 6.05. The molecule has 33 heavy (non-hydrogen) atoms. The van der Waals surface area contributed by atoms with Gasteiger partial charge in [0.15, 0.2) is 5.78 Å². The Hall–Kier alpha value is -4.25. The van der Waals surface area contributed by atoms with Crippen LogP contribution in [-0.4, -0.2) is 40.4 Å². The minimum absolute atomic E-state index is 0.0747. The summed E-state index contributed by atoms with van der Waals surface area (Å²) >= 11 is 0. The number of piperidine rings is 1. The number of amides is 4. The number of fused-ring (bicyclic) bond motifs is 1. The molecule has 0 saturated carbocycles. The van der Waals surface area contributed by atoms with Crippen LogP contribution in [0.4, 0.5) is 0 Å². The molecule has 0 aromatic heterocycles. The first-order valence-corrected chi connectivity index (χ1v) is 10.5. The first-order chi connectivity index (χ1) is 15.8. The number of nitrogens with one attached hydrogen (secondary N) is 2. The number of rotatable bonds is 4. The third-order valence-corrected chi connectivity index (χ3v) is 5.63. The molecule has 4 rings (SSSR count). The van der Waals surface area contributed by atoms with Crippen molar-refractivity contribution in [1.29, 1.82) is 0 Å². The number of carbonyl (C=O) groups excluding carboxylic acids is 5. The fraction of sp³-hybridized carbons (Fsp3) is 0.240. The second-order valence-electron chi connectivity index (χ2n) is 7.96. The Morgan fingerprint density at radius 1 is 1.15 bits per heavy atom. The third kappa shape index (κ3) is 4.83. The first kappa shape index (κ1) is 22.0. The van der Waals surface area contributed by atoms with Gasteiger partial charge in [-0.2, -0.15) is 0 Å². The number of nitrogens with zero attached hydrogens (tertiary/aromatic N) is 1. The summed E-state index contributed by atoms with van der Waals surface area (Å²) in [5, 5.41) is 5.00. The summed E-state index contributed by atoms with van der Waals surface area (Å²) in [6.07, 6.45) is 0.509. The Balaban J connectivity index is 1.38. The quantitative estimate of drug-likeness (QED) is 0.421. The van der Waals surface area contributed by atoms with Crippen LogP contribution in [0.25, 0.3) is 0 Å². The second kappa shape index (κ2) is 9.09. The maximum Gasteiger partial charge on any atom is 0.296 e. The fourth-order valence-electron chi connectivity index (χ4n) is 3.91. The molecule has 2 N–H and O–H groups in total. The lowest BCUT2D eigenvalue weighted by Crippen LogP contribution is -2.52. The fourth-order valence-corrected chi connectivity index (χ4v) is 3.91. The molecule has 0 radical (unpaired) electrons. The maximum atomic E-state index is 12.7. The first-order valence-electron chi connectivity index (χ1n) is 10.5. The lowest BCUT2D eigenvalue weighted by molar-refractivity contribution is -0.137. The van der Waals surface area contributed by atoms with Crippen LogP contribution in [0.2, 0.25) is 0 Å². The minimum Gasteiger partial charge on any atom is -0.341 e. The highest BCUT2D eigenvalue weighted by Gasteiger charge is 2.39. The van der Waals surface area contributed by atoms with Crippen LogP contribution >= 0.6 is 0 Å². The van der Waals surface area contributed by atoms with E-state index in [4.69, 9.17) is 0 Å². The molecule has 1 unspecified atom stereocenters. The topological polar surface area (TPSA) is 113 Å². The largest absolute Gasteiger partial charge is 0.341 e. The van der Waals surface area contributed by atoms with Crippen LogP contribution in [-0.2, 0) is 27.5 Å². The Kier molecular flexibility index (Phi) is 6.05. The number of ketones is 1. The van der Waals surface area contributed by atoms with Crippen molar-refractivity contribution in [2.24, 2.45) is 0 Å². The standard InChI is InChI=1S/C25H21N3O5/c1-15(29)18-4-2-3-16(11-18)6-9-22(30)26-13-17-5-7-20-19(12-17)14-28(25(20)33)21-8-10-23(31)27-24(21)32/h2-5,7,11-12,21H,8,10,13-14H2,1H3,(H,26,30)(H,27,31,32). The summed E-state index contributed by atoms with van der Waals surface area (Å²) < 4.78 is 0. The van der Waals surface area contributed by atoms with E-state index in [0.29, 0.717) is 23.1 Å². The molecule has 1 saturated heterocycles.